The highest BCUT2D eigenvalue weighted by Crippen LogP contribution is 2.35. The summed E-state index contributed by atoms with van der Waals surface area (Å²) in [6.45, 7) is 0.883. The lowest BCUT2D eigenvalue weighted by Crippen LogP contribution is -2.27. The number of hydrogen-bond acceptors (Lipinski definition) is 4. The third-order valence-electron chi connectivity index (χ3n) is 4.57. The van der Waals surface area contributed by atoms with Crippen molar-refractivity contribution in [2.75, 3.05) is 0 Å². The summed E-state index contributed by atoms with van der Waals surface area (Å²) in [6, 6.07) is 25.0. The summed E-state index contributed by atoms with van der Waals surface area (Å²) in [5.74, 6) is 0.627. The molecule has 0 spiro atoms. The Hall–Kier alpha value is -2.60. The zero-order valence-corrected chi connectivity index (χ0v) is 18.3. The number of ether oxygens (including phenoxy) is 1. The van der Waals surface area contributed by atoms with Crippen molar-refractivity contribution in [3.05, 3.63) is 105 Å². The Labute approximate surface area is 190 Å². The molecule has 4 rings (SSSR count). The molecule has 0 unspecified atom stereocenters. The summed E-state index contributed by atoms with van der Waals surface area (Å²) in [7, 11) is 0. The van der Waals surface area contributed by atoms with Crippen molar-refractivity contribution in [3.63, 3.8) is 0 Å². The highest BCUT2D eigenvalue weighted by Gasteiger charge is 2.32. The Morgan fingerprint density at radius 3 is 2.40 bits per heavy atom. The van der Waals surface area contributed by atoms with Gasteiger partial charge in [-0.25, -0.2) is 0 Å². The van der Waals surface area contributed by atoms with Gasteiger partial charge in [-0.1, -0.05) is 96.2 Å². The maximum Gasteiger partial charge on any atom is 0.266 e. The number of amides is 1. The first-order valence-corrected chi connectivity index (χ1v) is 11.0. The maximum absolute atomic E-state index is 12.9. The van der Waals surface area contributed by atoms with Crippen molar-refractivity contribution >= 4 is 51.9 Å². The second-order valence-electron chi connectivity index (χ2n) is 6.71. The van der Waals surface area contributed by atoms with Crippen LogP contribution in [0.5, 0.6) is 5.75 Å². The van der Waals surface area contributed by atoms with Crippen LogP contribution in [0, 0.1) is 0 Å². The SMILES string of the molecule is O=C1C(=Cc2ccccc2OCc2ccc(Cl)cc2)SC(=S)N1Cc1ccccc1. The summed E-state index contributed by atoms with van der Waals surface area (Å²) in [6.07, 6.45) is 1.85. The van der Waals surface area contributed by atoms with Gasteiger partial charge in [-0.2, -0.15) is 0 Å². The van der Waals surface area contributed by atoms with E-state index in [1.807, 2.05) is 84.9 Å². The van der Waals surface area contributed by atoms with Crippen molar-refractivity contribution in [2.24, 2.45) is 0 Å². The molecule has 0 aromatic heterocycles. The molecule has 1 amide bonds. The molecule has 0 radical (unpaired) electrons. The van der Waals surface area contributed by atoms with E-state index in [9.17, 15) is 4.79 Å². The molecule has 6 heteroatoms. The minimum Gasteiger partial charge on any atom is -0.488 e. The Morgan fingerprint density at radius 1 is 0.933 bits per heavy atom. The van der Waals surface area contributed by atoms with E-state index in [2.05, 4.69) is 0 Å². The molecule has 1 fully saturated rings. The number of halogens is 1. The molecule has 0 atom stereocenters. The monoisotopic (exact) mass is 451 g/mol. The normalized spacial score (nSPS) is 15.1. The lowest BCUT2D eigenvalue weighted by atomic mass is 10.1. The second kappa shape index (κ2) is 9.47. The summed E-state index contributed by atoms with van der Waals surface area (Å²) < 4.78 is 6.57. The number of para-hydroxylation sites is 1. The first kappa shape index (κ1) is 20.7. The molecule has 150 valence electrons. The van der Waals surface area contributed by atoms with Gasteiger partial charge < -0.3 is 4.74 Å². The van der Waals surface area contributed by atoms with E-state index >= 15 is 0 Å². The van der Waals surface area contributed by atoms with Crippen molar-refractivity contribution in [2.45, 2.75) is 13.2 Å². The van der Waals surface area contributed by atoms with Gasteiger partial charge in [0.05, 0.1) is 11.4 Å². The Morgan fingerprint density at radius 2 is 1.63 bits per heavy atom. The van der Waals surface area contributed by atoms with Gasteiger partial charge in [-0.3, -0.25) is 9.69 Å². The number of thioether (sulfide) groups is 1. The molecule has 0 bridgehead atoms. The molecular weight excluding hydrogens is 434 g/mol. The van der Waals surface area contributed by atoms with E-state index in [-0.39, 0.29) is 5.91 Å². The lowest BCUT2D eigenvalue weighted by molar-refractivity contribution is -0.122. The predicted molar refractivity (Wildman–Crippen MR) is 127 cm³/mol. The molecule has 0 N–H and O–H groups in total. The van der Waals surface area contributed by atoms with Gasteiger partial charge in [0.15, 0.2) is 0 Å². The van der Waals surface area contributed by atoms with Crippen LogP contribution in [0.15, 0.2) is 83.8 Å². The molecule has 1 heterocycles. The van der Waals surface area contributed by atoms with Crippen LogP contribution in [0.3, 0.4) is 0 Å². The summed E-state index contributed by atoms with van der Waals surface area (Å²) in [4.78, 5) is 15.2. The number of nitrogens with zero attached hydrogens (tertiary/aromatic N) is 1. The molecule has 30 heavy (non-hydrogen) atoms. The van der Waals surface area contributed by atoms with Gasteiger partial charge in [0.1, 0.15) is 16.7 Å². The molecule has 3 aromatic rings. The minimum absolute atomic E-state index is 0.0821. The zero-order chi connectivity index (χ0) is 20.9. The zero-order valence-electron chi connectivity index (χ0n) is 16.0. The summed E-state index contributed by atoms with van der Waals surface area (Å²) >= 11 is 12.7. The van der Waals surface area contributed by atoms with Crippen LogP contribution in [0.4, 0.5) is 0 Å². The van der Waals surface area contributed by atoms with Crippen LogP contribution in [-0.2, 0) is 17.9 Å². The highest BCUT2D eigenvalue weighted by atomic mass is 35.5. The molecule has 0 saturated carbocycles. The molecule has 0 aliphatic carbocycles. The number of thiocarbonyl (C=S) groups is 1. The van der Waals surface area contributed by atoms with Crippen molar-refractivity contribution in [1.82, 2.24) is 4.90 Å². The largest absolute Gasteiger partial charge is 0.488 e. The van der Waals surface area contributed by atoms with Crippen LogP contribution in [0.2, 0.25) is 5.02 Å². The number of hydrogen-bond donors (Lipinski definition) is 0. The topological polar surface area (TPSA) is 29.5 Å². The van der Waals surface area contributed by atoms with E-state index in [0.29, 0.717) is 33.1 Å². The average Bonchev–Trinajstić information content (AvgIpc) is 3.02. The van der Waals surface area contributed by atoms with Gasteiger partial charge in [0.2, 0.25) is 0 Å². The molecule has 1 aliphatic heterocycles. The van der Waals surface area contributed by atoms with E-state index < -0.39 is 0 Å². The number of carbonyl (C=O) groups excluding carboxylic acids is 1. The standard InChI is InChI=1S/C24H18ClNO2S2/c25-20-12-10-18(11-13-20)16-28-21-9-5-4-8-19(21)14-22-23(27)26(24(29)30-22)15-17-6-2-1-3-7-17/h1-14H,15-16H2. The van der Waals surface area contributed by atoms with Gasteiger partial charge in [-0.05, 0) is 35.4 Å². The third-order valence-corrected chi connectivity index (χ3v) is 6.20. The van der Waals surface area contributed by atoms with E-state index in [1.54, 1.807) is 4.90 Å². The van der Waals surface area contributed by atoms with Crippen LogP contribution < -0.4 is 4.74 Å². The van der Waals surface area contributed by atoms with Crippen molar-refractivity contribution in [3.8, 4) is 5.75 Å². The van der Waals surface area contributed by atoms with Crippen molar-refractivity contribution in [1.29, 1.82) is 0 Å². The predicted octanol–water partition coefficient (Wildman–Crippen LogP) is 6.32. The second-order valence-corrected chi connectivity index (χ2v) is 8.82. The summed E-state index contributed by atoms with van der Waals surface area (Å²) in [5, 5.41) is 0.691. The van der Waals surface area contributed by atoms with Crippen molar-refractivity contribution < 1.29 is 9.53 Å². The third kappa shape index (κ3) is 4.93. The van der Waals surface area contributed by atoms with Crippen LogP contribution in [-0.4, -0.2) is 15.1 Å². The van der Waals surface area contributed by atoms with E-state index in [0.717, 1.165) is 16.7 Å². The fourth-order valence-corrected chi connectivity index (χ4v) is 4.39. The smallest absolute Gasteiger partial charge is 0.266 e. The van der Waals surface area contributed by atoms with Crippen LogP contribution in [0.25, 0.3) is 6.08 Å². The molecule has 1 saturated heterocycles. The fraction of sp³-hybridized carbons (Fsp3) is 0.0833. The van der Waals surface area contributed by atoms with Gasteiger partial charge in [0.25, 0.3) is 5.91 Å². The first-order chi connectivity index (χ1) is 14.6. The highest BCUT2D eigenvalue weighted by molar-refractivity contribution is 8.26. The molecule has 3 aromatic carbocycles. The lowest BCUT2D eigenvalue weighted by Gasteiger charge is -2.14. The average molecular weight is 452 g/mol. The Bertz CT molecular complexity index is 1100. The minimum atomic E-state index is -0.0821. The van der Waals surface area contributed by atoms with Crippen LogP contribution in [0.1, 0.15) is 16.7 Å². The fourth-order valence-electron chi connectivity index (χ4n) is 3.02. The van der Waals surface area contributed by atoms with E-state index in [1.165, 1.54) is 11.8 Å². The van der Waals surface area contributed by atoms with E-state index in [4.69, 9.17) is 28.6 Å². The number of rotatable bonds is 6. The first-order valence-electron chi connectivity index (χ1n) is 9.36. The van der Waals surface area contributed by atoms with Gasteiger partial charge >= 0.3 is 0 Å². The van der Waals surface area contributed by atoms with Crippen LogP contribution >= 0.6 is 35.6 Å². The van der Waals surface area contributed by atoms with Gasteiger partial charge in [0, 0.05) is 10.6 Å². The number of benzene rings is 3. The number of carbonyl (C=O) groups is 1. The molecule has 1 aliphatic rings. The Balaban J connectivity index is 1.51. The van der Waals surface area contributed by atoms with Gasteiger partial charge in [-0.15, -0.1) is 0 Å². The molecular formula is C24H18ClNO2S2. The quantitative estimate of drug-likeness (QED) is 0.324. The maximum atomic E-state index is 12.9. The Kier molecular flexibility index (Phi) is 6.53. The molecule has 3 nitrogen and oxygen atoms in total. The summed E-state index contributed by atoms with van der Waals surface area (Å²) in [5.41, 5.74) is 2.90.